The molecule has 1 amide bonds. The van der Waals surface area contributed by atoms with Crippen LogP contribution in [0.5, 0.6) is 0 Å². The summed E-state index contributed by atoms with van der Waals surface area (Å²) in [6.45, 7) is 2.37. The summed E-state index contributed by atoms with van der Waals surface area (Å²) < 4.78 is 5.16. The number of piperidine rings is 1. The third-order valence-electron chi connectivity index (χ3n) is 3.61. The number of alkyl carbamates (subject to hydrolysis) is 1. The molecule has 21 heavy (non-hydrogen) atoms. The number of rotatable bonds is 4. The molecule has 1 aliphatic rings. The molecule has 0 bridgehead atoms. The van der Waals surface area contributed by atoms with Crippen molar-refractivity contribution in [1.29, 1.82) is 5.41 Å². The SMILES string of the molecule is N=C(N)N1CCCC(CNC(=O)OCc2ccccc2)C1. The maximum absolute atomic E-state index is 11.7. The average Bonchev–Trinajstić information content (AvgIpc) is 2.52. The number of hydrogen-bond acceptors (Lipinski definition) is 3. The van der Waals surface area contributed by atoms with Gasteiger partial charge in [0.2, 0.25) is 0 Å². The van der Waals surface area contributed by atoms with Crippen molar-refractivity contribution in [3.8, 4) is 0 Å². The predicted molar refractivity (Wildman–Crippen MR) is 80.8 cm³/mol. The fourth-order valence-corrected chi connectivity index (χ4v) is 2.45. The fourth-order valence-electron chi connectivity index (χ4n) is 2.45. The first-order chi connectivity index (χ1) is 10.1. The van der Waals surface area contributed by atoms with Gasteiger partial charge in [-0.3, -0.25) is 5.41 Å². The van der Waals surface area contributed by atoms with E-state index in [0.717, 1.165) is 24.9 Å². The van der Waals surface area contributed by atoms with Crippen LogP contribution in [0.1, 0.15) is 18.4 Å². The first-order valence-corrected chi connectivity index (χ1v) is 7.18. The number of amides is 1. The van der Waals surface area contributed by atoms with E-state index < -0.39 is 6.09 Å². The van der Waals surface area contributed by atoms with Crippen molar-refractivity contribution in [2.75, 3.05) is 19.6 Å². The van der Waals surface area contributed by atoms with Gasteiger partial charge in [0.15, 0.2) is 5.96 Å². The van der Waals surface area contributed by atoms with Gasteiger partial charge in [-0.2, -0.15) is 0 Å². The number of nitrogens with zero attached hydrogens (tertiary/aromatic N) is 1. The summed E-state index contributed by atoms with van der Waals surface area (Å²) >= 11 is 0. The molecule has 0 aliphatic carbocycles. The van der Waals surface area contributed by atoms with Crippen molar-refractivity contribution in [2.45, 2.75) is 19.4 Å². The molecule has 1 heterocycles. The average molecular weight is 290 g/mol. The molecular weight excluding hydrogens is 268 g/mol. The topological polar surface area (TPSA) is 91.4 Å². The third-order valence-corrected chi connectivity index (χ3v) is 3.61. The lowest BCUT2D eigenvalue weighted by molar-refractivity contribution is 0.135. The Morgan fingerprint density at radius 1 is 1.43 bits per heavy atom. The Morgan fingerprint density at radius 3 is 2.90 bits per heavy atom. The van der Waals surface area contributed by atoms with E-state index in [0.29, 0.717) is 19.0 Å². The monoisotopic (exact) mass is 290 g/mol. The maximum atomic E-state index is 11.7. The quantitative estimate of drug-likeness (QED) is 0.579. The Labute approximate surface area is 124 Å². The van der Waals surface area contributed by atoms with Crippen LogP contribution in [0.2, 0.25) is 0 Å². The van der Waals surface area contributed by atoms with Crippen molar-refractivity contribution in [3.63, 3.8) is 0 Å². The summed E-state index contributed by atoms with van der Waals surface area (Å²) in [5.41, 5.74) is 6.46. The Bertz CT molecular complexity index is 478. The second kappa shape index (κ2) is 7.52. The second-order valence-corrected chi connectivity index (χ2v) is 5.28. The molecule has 0 radical (unpaired) electrons. The van der Waals surface area contributed by atoms with E-state index in [4.69, 9.17) is 15.9 Å². The number of nitrogens with two attached hydrogens (primary N) is 1. The van der Waals surface area contributed by atoms with Crippen LogP contribution in [-0.4, -0.2) is 36.6 Å². The normalized spacial score (nSPS) is 18.1. The van der Waals surface area contributed by atoms with Crippen molar-refractivity contribution in [3.05, 3.63) is 35.9 Å². The Hall–Kier alpha value is -2.24. The van der Waals surface area contributed by atoms with E-state index >= 15 is 0 Å². The van der Waals surface area contributed by atoms with Crippen molar-refractivity contribution < 1.29 is 9.53 Å². The highest BCUT2D eigenvalue weighted by Gasteiger charge is 2.21. The zero-order chi connectivity index (χ0) is 15.1. The predicted octanol–water partition coefficient (Wildman–Crippen LogP) is 1.52. The highest BCUT2D eigenvalue weighted by molar-refractivity contribution is 5.74. The highest BCUT2D eigenvalue weighted by Crippen LogP contribution is 2.15. The van der Waals surface area contributed by atoms with Crippen molar-refractivity contribution >= 4 is 12.1 Å². The first-order valence-electron chi connectivity index (χ1n) is 7.18. The lowest BCUT2D eigenvalue weighted by atomic mass is 9.98. The molecule has 114 valence electrons. The molecule has 1 atom stereocenters. The number of benzene rings is 1. The molecule has 4 N–H and O–H groups in total. The van der Waals surface area contributed by atoms with Gasteiger partial charge in [0.1, 0.15) is 6.61 Å². The number of hydrogen-bond donors (Lipinski definition) is 3. The van der Waals surface area contributed by atoms with Crippen LogP contribution >= 0.6 is 0 Å². The van der Waals surface area contributed by atoms with E-state index in [1.165, 1.54) is 0 Å². The van der Waals surface area contributed by atoms with Gasteiger partial charge in [0.25, 0.3) is 0 Å². The second-order valence-electron chi connectivity index (χ2n) is 5.28. The van der Waals surface area contributed by atoms with Gasteiger partial charge in [-0.25, -0.2) is 4.79 Å². The zero-order valence-corrected chi connectivity index (χ0v) is 12.0. The van der Waals surface area contributed by atoms with Gasteiger partial charge in [0.05, 0.1) is 0 Å². The number of carbonyl (C=O) groups excluding carboxylic acids is 1. The molecule has 0 saturated carbocycles. The molecule has 1 aliphatic heterocycles. The van der Waals surface area contributed by atoms with Crippen molar-refractivity contribution in [1.82, 2.24) is 10.2 Å². The number of guanidine groups is 1. The lowest BCUT2D eigenvalue weighted by Gasteiger charge is -2.32. The number of nitrogens with one attached hydrogen (secondary N) is 2. The summed E-state index contributed by atoms with van der Waals surface area (Å²) in [6.07, 6.45) is 1.62. The smallest absolute Gasteiger partial charge is 0.407 e. The lowest BCUT2D eigenvalue weighted by Crippen LogP contribution is -2.46. The largest absolute Gasteiger partial charge is 0.445 e. The molecule has 1 fully saturated rings. The van der Waals surface area contributed by atoms with Gasteiger partial charge < -0.3 is 20.7 Å². The van der Waals surface area contributed by atoms with Crippen LogP contribution in [0.3, 0.4) is 0 Å². The Kier molecular flexibility index (Phi) is 5.43. The van der Waals surface area contributed by atoms with Crippen LogP contribution in [-0.2, 0) is 11.3 Å². The molecule has 1 aromatic carbocycles. The van der Waals surface area contributed by atoms with Gasteiger partial charge in [0, 0.05) is 19.6 Å². The van der Waals surface area contributed by atoms with E-state index in [9.17, 15) is 4.79 Å². The molecule has 1 saturated heterocycles. The molecule has 6 heteroatoms. The Morgan fingerprint density at radius 2 is 2.19 bits per heavy atom. The standard InChI is InChI=1S/C15H22N4O2/c16-14(17)19-8-4-7-13(10-19)9-18-15(20)21-11-12-5-2-1-3-6-12/h1-3,5-6,13H,4,7-11H2,(H3,16,17)(H,18,20). The number of ether oxygens (including phenoxy) is 1. The van der Waals surface area contributed by atoms with Gasteiger partial charge in [-0.05, 0) is 24.3 Å². The molecule has 0 spiro atoms. The van der Waals surface area contributed by atoms with E-state index in [1.807, 2.05) is 35.2 Å². The van der Waals surface area contributed by atoms with Crippen molar-refractivity contribution in [2.24, 2.45) is 11.7 Å². The van der Waals surface area contributed by atoms with Crippen LogP contribution < -0.4 is 11.1 Å². The summed E-state index contributed by atoms with van der Waals surface area (Å²) in [4.78, 5) is 13.5. The van der Waals surface area contributed by atoms with Gasteiger partial charge in [-0.15, -0.1) is 0 Å². The molecule has 6 nitrogen and oxygen atoms in total. The van der Waals surface area contributed by atoms with Crippen LogP contribution in [0.15, 0.2) is 30.3 Å². The maximum Gasteiger partial charge on any atom is 0.407 e. The van der Waals surface area contributed by atoms with Crippen LogP contribution in [0, 0.1) is 11.3 Å². The van der Waals surface area contributed by atoms with Gasteiger partial charge in [-0.1, -0.05) is 30.3 Å². The number of likely N-dealkylation sites (tertiary alicyclic amines) is 1. The minimum atomic E-state index is -0.404. The fraction of sp³-hybridized carbons (Fsp3) is 0.467. The van der Waals surface area contributed by atoms with Crippen LogP contribution in [0.4, 0.5) is 4.79 Å². The summed E-state index contributed by atoms with van der Waals surface area (Å²) in [5.74, 6) is 0.415. The van der Waals surface area contributed by atoms with E-state index in [1.54, 1.807) is 0 Å². The molecule has 1 unspecified atom stereocenters. The Balaban J connectivity index is 1.68. The zero-order valence-electron chi connectivity index (χ0n) is 12.0. The molecule has 2 rings (SSSR count). The van der Waals surface area contributed by atoms with Gasteiger partial charge >= 0.3 is 6.09 Å². The molecular formula is C15H22N4O2. The van der Waals surface area contributed by atoms with E-state index in [2.05, 4.69) is 5.32 Å². The highest BCUT2D eigenvalue weighted by atomic mass is 16.5. The van der Waals surface area contributed by atoms with E-state index in [-0.39, 0.29) is 12.6 Å². The molecule has 0 aromatic heterocycles. The molecule has 1 aromatic rings. The minimum absolute atomic E-state index is 0.103. The summed E-state index contributed by atoms with van der Waals surface area (Å²) in [5, 5.41) is 10.2. The summed E-state index contributed by atoms with van der Waals surface area (Å²) in [7, 11) is 0. The third kappa shape index (κ3) is 4.98. The minimum Gasteiger partial charge on any atom is -0.445 e. The van der Waals surface area contributed by atoms with Crippen LogP contribution in [0.25, 0.3) is 0 Å². The number of carbonyl (C=O) groups is 1. The summed E-state index contributed by atoms with van der Waals surface area (Å²) in [6, 6.07) is 9.58. The first kappa shape index (κ1) is 15.2.